The van der Waals surface area contributed by atoms with E-state index in [0.717, 1.165) is 6.20 Å². The fourth-order valence-corrected chi connectivity index (χ4v) is 0.935. The van der Waals surface area contributed by atoms with Gasteiger partial charge in [0.1, 0.15) is 11.6 Å². The Morgan fingerprint density at radius 3 is 2.85 bits per heavy atom. The van der Waals surface area contributed by atoms with Gasteiger partial charge in [-0.15, -0.1) is 0 Å². The first-order valence-corrected chi connectivity index (χ1v) is 3.87. The molecule has 0 atom stereocenters. The zero-order valence-corrected chi connectivity index (χ0v) is 7.64. The first-order chi connectivity index (χ1) is 6.02. The van der Waals surface area contributed by atoms with Gasteiger partial charge in [0.15, 0.2) is 5.82 Å². The molecule has 1 aromatic rings. The van der Waals surface area contributed by atoms with Crippen molar-refractivity contribution in [3.05, 3.63) is 27.4 Å². The summed E-state index contributed by atoms with van der Waals surface area (Å²) >= 11 is 10.3. The van der Waals surface area contributed by atoms with E-state index in [-0.39, 0.29) is 0 Å². The monoisotopic (exact) mass is 224 g/mol. The molecule has 0 aliphatic heterocycles. The standard InChI is InChI=1S/C6H3Cl2FN2O2/c7-4(12)2-11-6(13)5(8)3(9)1-10-11/h1H,2H2. The van der Waals surface area contributed by atoms with Crippen molar-refractivity contribution in [2.45, 2.75) is 6.54 Å². The molecular formula is C6H3Cl2FN2O2. The highest BCUT2D eigenvalue weighted by molar-refractivity contribution is 6.63. The van der Waals surface area contributed by atoms with Gasteiger partial charge in [-0.25, -0.2) is 9.07 Å². The molecule has 0 saturated heterocycles. The largest absolute Gasteiger partial charge is 0.289 e. The van der Waals surface area contributed by atoms with Crippen LogP contribution < -0.4 is 5.56 Å². The van der Waals surface area contributed by atoms with Gasteiger partial charge in [-0.3, -0.25) is 9.59 Å². The first-order valence-electron chi connectivity index (χ1n) is 3.12. The molecular weight excluding hydrogens is 222 g/mol. The minimum atomic E-state index is -0.926. The molecule has 4 nitrogen and oxygen atoms in total. The van der Waals surface area contributed by atoms with Gasteiger partial charge in [-0.1, -0.05) is 11.6 Å². The van der Waals surface area contributed by atoms with Gasteiger partial charge in [0.2, 0.25) is 5.24 Å². The third-order valence-electron chi connectivity index (χ3n) is 1.22. The second-order valence-corrected chi connectivity index (χ2v) is 2.92. The number of carbonyl (C=O) groups excluding carboxylic acids is 1. The minimum Gasteiger partial charge on any atom is -0.279 e. The fraction of sp³-hybridized carbons (Fsp3) is 0.167. The van der Waals surface area contributed by atoms with Crippen LogP contribution in [0.4, 0.5) is 4.39 Å². The number of nitrogens with zero attached hydrogens (tertiary/aromatic N) is 2. The topological polar surface area (TPSA) is 52.0 Å². The van der Waals surface area contributed by atoms with E-state index in [1.165, 1.54) is 0 Å². The molecule has 13 heavy (non-hydrogen) atoms. The second-order valence-electron chi connectivity index (χ2n) is 2.12. The molecule has 1 heterocycles. The van der Waals surface area contributed by atoms with Crippen molar-refractivity contribution in [1.82, 2.24) is 9.78 Å². The van der Waals surface area contributed by atoms with Gasteiger partial charge in [-0.05, 0) is 11.6 Å². The maximum absolute atomic E-state index is 12.6. The van der Waals surface area contributed by atoms with Crippen LogP contribution in [0, 0.1) is 5.82 Å². The second kappa shape index (κ2) is 3.85. The van der Waals surface area contributed by atoms with Crippen molar-refractivity contribution in [3.63, 3.8) is 0 Å². The third-order valence-corrected chi connectivity index (χ3v) is 1.68. The molecule has 0 N–H and O–H groups in total. The smallest absolute Gasteiger partial charge is 0.279 e. The number of rotatable bonds is 2. The number of hydrogen-bond donors (Lipinski definition) is 0. The van der Waals surface area contributed by atoms with Gasteiger partial charge >= 0.3 is 0 Å². The lowest BCUT2D eigenvalue weighted by Gasteiger charge is -2.00. The van der Waals surface area contributed by atoms with E-state index in [0.29, 0.717) is 4.68 Å². The van der Waals surface area contributed by atoms with Crippen LogP contribution in [-0.4, -0.2) is 15.0 Å². The Balaban J connectivity index is 3.19. The fourth-order valence-electron chi connectivity index (χ4n) is 0.675. The van der Waals surface area contributed by atoms with Crippen LogP contribution in [0.5, 0.6) is 0 Å². The predicted molar refractivity (Wildman–Crippen MR) is 44.3 cm³/mol. The summed E-state index contributed by atoms with van der Waals surface area (Å²) in [5, 5.41) is 1.93. The maximum Gasteiger partial charge on any atom is 0.289 e. The summed E-state index contributed by atoms with van der Waals surface area (Å²) in [5.41, 5.74) is -0.879. The van der Waals surface area contributed by atoms with E-state index in [1.807, 2.05) is 0 Å². The average molecular weight is 225 g/mol. The SMILES string of the molecule is O=C(Cl)Cn1ncc(F)c(Cl)c1=O. The van der Waals surface area contributed by atoms with Gasteiger partial charge in [-0.2, -0.15) is 5.10 Å². The molecule has 0 unspecified atom stereocenters. The lowest BCUT2D eigenvalue weighted by Crippen LogP contribution is -2.26. The van der Waals surface area contributed by atoms with Crippen molar-refractivity contribution in [1.29, 1.82) is 0 Å². The van der Waals surface area contributed by atoms with E-state index in [4.69, 9.17) is 23.2 Å². The summed E-state index contributed by atoms with van der Waals surface area (Å²) < 4.78 is 13.3. The number of aromatic nitrogens is 2. The van der Waals surface area contributed by atoms with Crippen LogP contribution in [0.1, 0.15) is 0 Å². The molecule has 0 aliphatic rings. The van der Waals surface area contributed by atoms with E-state index in [2.05, 4.69) is 5.10 Å². The van der Waals surface area contributed by atoms with Crippen LogP contribution in [-0.2, 0) is 11.3 Å². The molecule has 0 spiro atoms. The van der Waals surface area contributed by atoms with Gasteiger partial charge in [0.25, 0.3) is 5.56 Å². The summed E-state index contributed by atoms with van der Waals surface area (Å²) in [4.78, 5) is 21.4. The van der Waals surface area contributed by atoms with Crippen LogP contribution in [0.25, 0.3) is 0 Å². The summed E-state index contributed by atoms with van der Waals surface area (Å²) in [6, 6.07) is 0. The Labute approximate surface area is 81.9 Å². The Morgan fingerprint density at radius 1 is 1.69 bits per heavy atom. The zero-order chi connectivity index (χ0) is 10.0. The molecule has 0 saturated carbocycles. The summed E-state index contributed by atoms with van der Waals surface area (Å²) in [6.07, 6.45) is 0.740. The highest BCUT2D eigenvalue weighted by atomic mass is 35.5. The summed E-state index contributed by atoms with van der Waals surface area (Å²) in [6.45, 7) is -0.430. The van der Waals surface area contributed by atoms with Gasteiger partial charge in [0.05, 0.1) is 6.20 Å². The molecule has 0 aliphatic carbocycles. The summed E-state index contributed by atoms with van der Waals surface area (Å²) in [5.74, 6) is -0.926. The van der Waals surface area contributed by atoms with Crippen molar-refractivity contribution in [2.75, 3.05) is 0 Å². The molecule has 1 aromatic heterocycles. The van der Waals surface area contributed by atoms with Crippen molar-refractivity contribution >= 4 is 28.4 Å². The average Bonchev–Trinajstić information content (AvgIpc) is 2.06. The quantitative estimate of drug-likeness (QED) is 0.699. The molecule has 7 heteroatoms. The molecule has 0 amide bonds. The van der Waals surface area contributed by atoms with Crippen molar-refractivity contribution < 1.29 is 9.18 Å². The third kappa shape index (κ3) is 2.26. The number of hydrogen-bond acceptors (Lipinski definition) is 3. The molecule has 0 aromatic carbocycles. The van der Waals surface area contributed by atoms with Gasteiger partial charge in [0, 0.05) is 0 Å². The van der Waals surface area contributed by atoms with Crippen LogP contribution in [0.2, 0.25) is 5.02 Å². The zero-order valence-electron chi connectivity index (χ0n) is 6.13. The van der Waals surface area contributed by atoms with Gasteiger partial charge < -0.3 is 0 Å². The van der Waals surface area contributed by atoms with Crippen molar-refractivity contribution in [3.8, 4) is 0 Å². The predicted octanol–water partition coefficient (Wildman–Crippen LogP) is 0.801. The lowest BCUT2D eigenvalue weighted by atomic mass is 10.5. The maximum atomic E-state index is 12.6. The lowest BCUT2D eigenvalue weighted by molar-refractivity contribution is -0.112. The van der Waals surface area contributed by atoms with Crippen LogP contribution >= 0.6 is 23.2 Å². The highest BCUT2D eigenvalue weighted by Crippen LogP contribution is 2.05. The van der Waals surface area contributed by atoms with Crippen LogP contribution in [0.3, 0.4) is 0 Å². The molecule has 1 rings (SSSR count). The Hall–Kier alpha value is -0.940. The molecule has 70 valence electrons. The molecule has 0 fully saturated rings. The normalized spacial score (nSPS) is 10.1. The molecule has 0 radical (unpaired) electrons. The number of carbonyl (C=O) groups is 1. The Kier molecular flexibility index (Phi) is 3.00. The Morgan fingerprint density at radius 2 is 2.31 bits per heavy atom. The van der Waals surface area contributed by atoms with E-state index < -0.39 is 28.2 Å². The van der Waals surface area contributed by atoms with Crippen LogP contribution in [0.15, 0.2) is 11.0 Å². The first kappa shape index (κ1) is 10.1. The van der Waals surface area contributed by atoms with E-state index in [1.54, 1.807) is 0 Å². The highest BCUT2D eigenvalue weighted by Gasteiger charge is 2.09. The minimum absolute atomic E-state index is 0.430. The van der Waals surface area contributed by atoms with E-state index >= 15 is 0 Å². The summed E-state index contributed by atoms with van der Waals surface area (Å²) in [7, 11) is 0. The molecule has 0 bridgehead atoms. The Bertz CT molecular complexity index is 404. The number of halogens is 3. The van der Waals surface area contributed by atoms with Crippen molar-refractivity contribution in [2.24, 2.45) is 0 Å². The van der Waals surface area contributed by atoms with E-state index in [9.17, 15) is 14.0 Å².